The van der Waals surface area contributed by atoms with E-state index in [4.69, 9.17) is 4.42 Å². The minimum atomic E-state index is -3.42. The van der Waals surface area contributed by atoms with Gasteiger partial charge in [0.2, 0.25) is 0 Å². The summed E-state index contributed by atoms with van der Waals surface area (Å²) in [4.78, 5) is 14.0. The summed E-state index contributed by atoms with van der Waals surface area (Å²) in [5.41, 5.74) is 0.538. The molecule has 0 radical (unpaired) electrons. The van der Waals surface area contributed by atoms with Crippen LogP contribution >= 0.6 is 0 Å². The summed E-state index contributed by atoms with van der Waals surface area (Å²) in [6.45, 7) is 4.44. The number of hydrogen-bond acceptors (Lipinski definition) is 4. The van der Waals surface area contributed by atoms with Crippen molar-refractivity contribution in [2.75, 3.05) is 26.2 Å². The minimum absolute atomic E-state index is 0.0601. The third-order valence-electron chi connectivity index (χ3n) is 4.95. The average Bonchev–Trinajstić information content (AvgIpc) is 3.09. The highest BCUT2D eigenvalue weighted by atomic mass is 32.2. The van der Waals surface area contributed by atoms with Crippen molar-refractivity contribution in [3.8, 4) is 0 Å². The Labute approximate surface area is 143 Å². The first kappa shape index (κ1) is 17.4. The Kier molecular flexibility index (Phi) is 5.27. The predicted octanol–water partition coefficient (Wildman–Crippen LogP) is 1.45. The molecule has 1 aromatic heterocycles. The van der Waals surface area contributed by atoms with E-state index in [9.17, 15) is 13.2 Å². The Balaban J connectivity index is 1.51. The molecule has 1 amide bonds. The smallest absolute Gasteiger partial charge is 0.279 e. The first-order valence-corrected chi connectivity index (χ1v) is 9.98. The van der Waals surface area contributed by atoms with Crippen LogP contribution in [0.25, 0.3) is 0 Å². The highest BCUT2D eigenvalue weighted by Crippen LogP contribution is 2.20. The molecular weight excluding hydrogens is 330 g/mol. The molecule has 7 nitrogen and oxygen atoms in total. The van der Waals surface area contributed by atoms with Crippen molar-refractivity contribution in [2.24, 2.45) is 5.92 Å². The standard InChI is InChI=1S/C16H25N3O4S/c1-13-2-9-19(10-3-13)24(21,22)17-15-4-7-18(8-5-15)16(20)14-6-11-23-12-14/h6,11-13,15,17H,2-5,7-10H2,1H3. The second-order valence-electron chi connectivity index (χ2n) is 6.78. The first-order chi connectivity index (χ1) is 11.5. The number of carbonyl (C=O) groups is 1. The molecule has 0 aromatic carbocycles. The van der Waals surface area contributed by atoms with Crippen molar-refractivity contribution in [1.29, 1.82) is 0 Å². The van der Waals surface area contributed by atoms with Gasteiger partial charge in [0.1, 0.15) is 6.26 Å². The molecule has 0 saturated carbocycles. The normalized spacial score (nSPS) is 22.0. The van der Waals surface area contributed by atoms with Crippen molar-refractivity contribution in [1.82, 2.24) is 13.9 Å². The van der Waals surface area contributed by atoms with E-state index in [-0.39, 0.29) is 11.9 Å². The maximum Gasteiger partial charge on any atom is 0.279 e. The number of hydrogen-bond donors (Lipinski definition) is 1. The van der Waals surface area contributed by atoms with E-state index in [1.54, 1.807) is 15.3 Å². The van der Waals surface area contributed by atoms with Gasteiger partial charge < -0.3 is 9.32 Å². The number of rotatable bonds is 4. The number of amides is 1. The molecule has 0 spiro atoms. The second-order valence-corrected chi connectivity index (χ2v) is 8.49. The number of nitrogens with one attached hydrogen (secondary N) is 1. The Morgan fingerprint density at radius 1 is 1.17 bits per heavy atom. The molecule has 0 bridgehead atoms. The van der Waals surface area contributed by atoms with E-state index < -0.39 is 10.2 Å². The topological polar surface area (TPSA) is 82.9 Å². The van der Waals surface area contributed by atoms with Crippen LogP contribution in [0.3, 0.4) is 0 Å². The Morgan fingerprint density at radius 3 is 2.42 bits per heavy atom. The molecule has 0 unspecified atom stereocenters. The van der Waals surface area contributed by atoms with Crippen LogP contribution in [0.5, 0.6) is 0 Å². The van der Waals surface area contributed by atoms with Crippen LogP contribution < -0.4 is 4.72 Å². The van der Waals surface area contributed by atoms with Gasteiger partial charge in [-0.25, -0.2) is 0 Å². The van der Waals surface area contributed by atoms with E-state index in [1.807, 2.05) is 0 Å². The van der Waals surface area contributed by atoms with Crippen LogP contribution in [0, 0.1) is 5.92 Å². The lowest BCUT2D eigenvalue weighted by atomic mass is 10.0. The van der Waals surface area contributed by atoms with E-state index in [2.05, 4.69) is 11.6 Å². The van der Waals surface area contributed by atoms with Gasteiger partial charge in [-0.05, 0) is 37.7 Å². The summed E-state index contributed by atoms with van der Waals surface area (Å²) in [5, 5.41) is 0. The molecule has 0 aliphatic carbocycles. The fourth-order valence-electron chi connectivity index (χ4n) is 3.28. The quantitative estimate of drug-likeness (QED) is 0.886. The largest absolute Gasteiger partial charge is 0.472 e. The zero-order valence-corrected chi connectivity index (χ0v) is 14.8. The lowest BCUT2D eigenvalue weighted by Crippen LogP contribution is -2.51. The Hall–Kier alpha value is -1.38. The molecule has 2 fully saturated rings. The van der Waals surface area contributed by atoms with Crippen LogP contribution in [0.4, 0.5) is 0 Å². The predicted molar refractivity (Wildman–Crippen MR) is 89.7 cm³/mol. The van der Waals surface area contributed by atoms with E-state index >= 15 is 0 Å². The van der Waals surface area contributed by atoms with Gasteiger partial charge in [0.15, 0.2) is 0 Å². The summed E-state index contributed by atoms with van der Waals surface area (Å²) in [6, 6.07) is 1.54. The molecule has 134 valence electrons. The highest BCUT2D eigenvalue weighted by molar-refractivity contribution is 7.87. The first-order valence-electron chi connectivity index (χ1n) is 8.54. The van der Waals surface area contributed by atoms with Crippen LogP contribution in [0.1, 0.15) is 43.0 Å². The van der Waals surface area contributed by atoms with Crippen molar-refractivity contribution >= 4 is 16.1 Å². The molecule has 2 aliphatic heterocycles. The maximum atomic E-state index is 12.5. The van der Waals surface area contributed by atoms with E-state index in [0.717, 1.165) is 12.8 Å². The van der Waals surface area contributed by atoms with Gasteiger partial charge in [0, 0.05) is 32.2 Å². The van der Waals surface area contributed by atoms with Crippen molar-refractivity contribution in [3.63, 3.8) is 0 Å². The lowest BCUT2D eigenvalue weighted by molar-refractivity contribution is 0.0710. The van der Waals surface area contributed by atoms with Crippen molar-refractivity contribution in [2.45, 2.75) is 38.6 Å². The molecule has 1 aromatic rings. The van der Waals surface area contributed by atoms with Crippen molar-refractivity contribution in [3.05, 3.63) is 24.2 Å². The molecule has 8 heteroatoms. The highest BCUT2D eigenvalue weighted by Gasteiger charge is 2.31. The second kappa shape index (κ2) is 7.25. The van der Waals surface area contributed by atoms with Crippen LogP contribution in [0.15, 0.2) is 23.0 Å². The third-order valence-corrected chi connectivity index (χ3v) is 6.62. The number of carbonyl (C=O) groups excluding carboxylic acids is 1. The molecular formula is C16H25N3O4S. The van der Waals surface area contributed by atoms with Gasteiger partial charge in [0.25, 0.3) is 16.1 Å². The number of nitrogens with zero attached hydrogens (tertiary/aromatic N) is 2. The molecule has 2 aliphatic rings. The fraction of sp³-hybridized carbons (Fsp3) is 0.688. The zero-order valence-electron chi connectivity index (χ0n) is 14.0. The molecule has 0 atom stereocenters. The van der Waals surface area contributed by atoms with Crippen molar-refractivity contribution < 1.29 is 17.6 Å². The fourth-order valence-corrected chi connectivity index (χ4v) is 4.78. The maximum absolute atomic E-state index is 12.5. The average molecular weight is 355 g/mol. The molecule has 3 rings (SSSR count). The van der Waals surface area contributed by atoms with Crippen LogP contribution in [-0.4, -0.2) is 55.8 Å². The third kappa shape index (κ3) is 3.99. The summed E-state index contributed by atoms with van der Waals surface area (Å²) in [6.07, 6.45) is 6.01. The molecule has 2 saturated heterocycles. The molecule has 3 heterocycles. The van der Waals surface area contributed by atoms with Gasteiger partial charge >= 0.3 is 0 Å². The van der Waals surface area contributed by atoms with Crippen LogP contribution in [-0.2, 0) is 10.2 Å². The number of piperidine rings is 2. The SMILES string of the molecule is CC1CCN(S(=O)(=O)NC2CCN(C(=O)c3ccoc3)CC2)CC1. The number of likely N-dealkylation sites (tertiary alicyclic amines) is 1. The summed E-state index contributed by atoms with van der Waals surface area (Å²) in [7, 11) is -3.42. The van der Waals surface area contributed by atoms with Crippen LogP contribution in [0.2, 0.25) is 0 Å². The Bertz CT molecular complexity index is 643. The van der Waals surface area contributed by atoms with Gasteiger partial charge in [-0.15, -0.1) is 0 Å². The number of furan rings is 1. The van der Waals surface area contributed by atoms with Gasteiger partial charge in [0.05, 0.1) is 11.8 Å². The monoisotopic (exact) mass is 355 g/mol. The minimum Gasteiger partial charge on any atom is -0.472 e. The molecule has 24 heavy (non-hydrogen) atoms. The summed E-state index contributed by atoms with van der Waals surface area (Å²) >= 11 is 0. The Morgan fingerprint density at radius 2 is 1.83 bits per heavy atom. The zero-order chi connectivity index (χ0) is 17.2. The van der Waals surface area contributed by atoms with E-state index in [0.29, 0.717) is 50.5 Å². The van der Waals surface area contributed by atoms with Gasteiger partial charge in [-0.1, -0.05) is 6.92 Å². The summed E-state index contributed by atoms with van der Waals surface area (Å²) in [5.74, 6) is 0.531. The lowest BCUT2D eigenvalue weighted by Gasteiger charge is -2.35. The van der Waals surface area contributed by atoms with E-state index in [1.165, 1.54) is 12.5 Å². The van der Waals surface area contributed by atoms with Gasteiger partial charge in [-0.3, -0.25) is 4.79 Å². The summed E-state index contributed by atoms with van der Waals surface area (Å²) < 4.78 is 34.3. The molecule has 1 N–H and O–H groups in total. The van der Waals surface area contributed by atoms with Gasteiger partial charge in [-0.2, -0.15) is 17.4 Å².